The molecule has 0 saturated carbocycles. The summed E-state index contributed by atoms with van der Waals surface area (Å²) < 4.78 is 19.5. The summed E-state index contributed by atoms with van der Waals surface area (Å²) in [5.41, 5.74) is 1.14. The molecule has 4 heteroatoms. The Kier molecular flexibility index (Phi) is 3.47. The number of thioether (sulfide) groups is 1. The summed E-state index contributed by atoms with van der Waals surface area (Å²) in [4.78, 5) is 11.9. The molecular formula is C15H17FO2S. The van der Waals surface area contributed by atoms with Crippen LogP contribution in [0.3, 0.4) is 0 Å². The van der Waals surface area contributed by atoms with Crippen LogP contribution >= 0.6 is 11.8 Å². The lowest BCUT2D eigenvalue weighted by Gasteiger charge is -2.20. The lowest BCUT2D eigenvalue weighted by Crippen LogP contribution is -2.09. The topological polar surface area (TPSA) is 30.2 Å². The van der Waals surface area contributed by atoms with E-state index in [4.69, 9.17) is 4.42 Å². The Morgan fingerprint density at radius 2 is 1.79 bits per heavy atom. The first-order valence-electron chi connectivity index (χ1n) is 6.11. The predicted octanol–water partition coefficient (Wildman–Crippen LogP) is 4.44. The fourth-order valence-electron chi connectivity index (χ4n) is 1.95. The van der Waals surface area contributed by atoms with Gasteiger partial charge in [0, 0.05) is 16.2 Å². The van der Waals surface area contributed by atoms with Gasteiger partial charge in [0.1, 0.15) is 0 Å². The van der Waals surface area contributed by atoms with E-state index in [0.717, 1.165) is 11.1 Å². The molecular weight excluding hydrogens is 263 g/mol. The molecule has 2 rings (SSSR count). The molecule has 19 heavy (non-hydrogen) atoms. The maximum absolute atomic E-state index is 14.6. The number of hydrogen-bond donors (Lipinski definition) is 0. The van der Waals surface area contributed by atoms with Gasteiger partial charge in [-0.25, -0.2) is 9.18 Å². The van der Waals surface area contributed by atoms with Crippen LogP contribution in [0.15, 0.2) is 26.2 Å². The largest absolute Gasteiger partial charge is 0.420 e. The number of benzene rings is 1. The number of hydrogen-bond acceptors (Lipinski definition) is 3. The Labute approximate surface area is 116 Å². The number of rotatable bonds is 1. The van der Waals surface area contributed by atoms with Crippen molar-refractivity contribution in [3.63, 3.8) is 0 Å². The van der Waals surface area contributed by atoms with Crippen LogP contribution in [0.5, 0.6) is 0 Å². The highest BCUT2D eigenvalue weighted by Crippen LogP contribution is 2.38. The number of aryl methyl sites for hydroxylation is 2. The minimum atomic E-state index is -0.514. The van der Waals surface area contributed by atoms with E-state index in [9.17, 15) is 9.18 Å². The molecule has 2 aromatic rings. The van der Waals surface area contributed by atoms with Gasteiger partial charge >= 0.3 is 5.63 Å². The van der Waals surface area contributed by atoms with Crippen molar-refractivity contribution in [2.75, 3.05) is 0 Å². The Hall–Kier alpha value is -1.29. The highest BCUT2D eigenvalue weighted by Gasteiger charge is 2.21. The molecule has 0 fully saturated rings. The van der Waals surface area contributed by atoms with E-state index in [1.54, 1.807) is 6.92 Å². The zero-order valence-corrected chi connectivity index (χ0v) is 12.6. The van der Waals surface area contributed by atoms with Crippen LogP contribution < -0.4 is 5.63 Å². The molecule has 0 atom stereocenters. The lowest BCUT2D eigenvalue weighted by atomic mass is 10.1. The first-order chi connectivity index (χ1) is 8.69. The van der Waals surface area contributed by atoms with Crippen LogP contribution in [0.4, 0.5) is 4.39 Å². The summed E-state index contributed by atoms with van der Waals surface area (Å²) in [6.07, 6.45) is 0. The third-order valence-electron chi connectivity index (χ3n) is 2.73. The Bertz CT molecular complexity index is 696. The van der Waals surface area contributed by atoms with E-state index in [0.29, 0.717) is 10.3 Å². The van der Waals surface area contributed by atoms with Crippen molar-refractivity contribution in [1.29, 1.82) is 0 Å². The van der Waals surface area contributed by atoms with Gasteiger partial charge in [0.15, 0.2) is 11.4 Å². The van der Waals surface area contributed by atoms with Gasteiger partial charge in [0.25, 0.3) is 0 Å². The van der Waals surface area contributed by atoms with Gasteiger partial charge < -0.3 is 4.42 Å². The molecule has 0 unspecified atom stereocenters. The highest BCUT2D eigenvalue weighted by atomic mass is 32.2. The predicted molar refractivity (Wildman–Crippen MR) is 77.5 cm³/mol. The van der Waals surface area contributed by atoms with Crippen LogP contribution in [0.25, 0.3) is 11.0 Å². The Morgan fingerprint density at radius 3 is 2.37 bits per heavy atom. The fourth-order valence-corrected chi connectivity index (χ4v) is 2.97. The molecule has 0 aliphatic carbocycles. The average Bonchev–Trinajstić information content (AvgIpc) is 2.25. The van der Waals surface area contributed by atoms with Crippen molar-refractivity contribution in [3.05, 3.63) is 39.5 Å². The quantitative estimate of drug-likeness (QED) is 0.571. The van der Waals surface area contributed by atoms with E-state index >= 15 is 0 Å². The highest BCUT2D eigenvalue weighted by molar-refractivity contribution is 8.00. The van der Waals surface area contributed by atoms with Gasteiger partial charge in [-0.2, -0.15) is 0 Å². The van der Waals surface area contributed by atoms with Gasteiger partial charge in [0.05, 0.1) is 4.90 Å². The van der Waals surface area contributed by atoms with E-state index in [1.807, 2.05) is 33.8 Å². The molecule has 102 valence electrons. The molecule has 0 aliphatic rings. The molecule has 0 bridgehead atoms. The SMILES string of the molecule is Cc1cc2c(C)cc(=O)oc2c(F)c1SC(C)(C)C. The molecule has 0 spiro atoms. The van der Waals surface area contributed by atoms with E-state index < -0.39 is 11.4 Å². The first-order valence-corrected chi connectivity index (χ1v) is 6.93. The Morgan fingerprint density at radius 1 is 1.16 bits per heavy atom. The molecule has 0 amide bonds. The number of fused-ring (bicyclic) bond motifs is 1. The molecule has 2 nitrogen and oxygen atoms in total. The lowest BCUT2D eigenvalue weighted by molar-refractivity contribution is 0.513. The van der Waals surface area contributed by atoms with Crippen LogP contribution in [-0.2, 0) is 0 Å². The summed E-state index contributed by atoms with van der Waals surface area (Å²) in [7, 11) is 0. The van der Waals surface area contributed by atoms with Crippen LogP contribution in [0.1, 0.15) is 31.9 Å². The second-order valence-electron chi connectivity index (χ2n) is 5.68. The van der Waals surface area contributed by atoms with Crippen molar-refractivity contribution in [1.82, 2.24) is 0 Å². The average molecular weight is 280 g/mol. The maximum atomic E-state index is 14.6. The first kappa shape index (κ1) is 14.1. The van der Waals surface area contributed by atoms with Gasteiger partial charge in [-0.05, 0) is 31.0 Å². The second kappa shape index (κ2) is 4.67. The molecule has 1 aromatic heterocycles. The zero-order valence-electron chi connectivity index (χ0n) is 11.8. The molecule has 0 radical (unpaired) electrons. The normalized spacial score (nSPS) is 12.1. The van der Waals surface area contributed by atoms with Crippen LogP contribution in [-0.4, -0.2) is 4.75 Å². The van der Waals surface area contributed by atoms with Crippen molar-refractivity contribution >= 4 is 22.7 Å². The summed E-state index contributed by atoms with van der Waals surface area (Å²) in [6.45, 7) is 9.73. The van der Waals surface area contributed by atoms with Crippen molar-refractivity contribution in [3.8, 4) is 0 Å². The number of halogens is 1. The third-order valence-corrected chi connectivity index (χ3v) is 4.05. The zero-order chi connectivity index (χ0) is 14.4. The van der Waals surface area contributed by atoms with Gasteiger partial charge in [-0.1, -0.05) is 20.8 Å². The van der Waals surface area contributed by atoms with Gasteiger partial charge in [-0.3, -0.25) is 0 Å². The summed E-state index contributed by atoms with van der Waals surface area (Å²) in [5.74, 6) is -0.435. The standard InChI is InChI=1S/C15H17FO2S/c1-8-7-11(17)18-13-10(8)6-9(2)14(12(13)16)19-15(3,4)5/h6-7H,1-5H3. The van der Waals surface area contributed by atoms with Gasteiger partial charge in [0.2, 0.25) is 0 Å². The molecule has 0 N–H and O–H groups in total. The molecule has 1 aromatic carbocycles. The van der Waals surface area contributed by atoms with E-state index in [-0.39, 0.29) is 10.3 Å². The van der Waals surface area contributed by atoms with Crippen LogP contribution in [0, 0.1) is 19.7 Å². The Balaban J connectivity index is 2.78. The minimum Gasteiger partial charge on any atom is -0.420 e. The van der Waals surface area contributed by atoms with Crippen LogP contribution in [0.2, 0.25) is 0 Å². The van der Waals surface area contributed by atoms with Crippen molar-refractivity contribution < 1.29 is 8.81 Å². The molecule has 1 heterocycles. The monoisotopic (exact) mass is 280 g/mol. The van der Waals surface area contributed by atoms with E-state index in [1.165, 1.54) is 17.8 Å². The van der Waals surface area contributed by atoms with Gasteiger partial charge in [-0.15, -0.1) is 11.8 Å². The van der Waals surface area contributed by atoms with E-state index in [2.05, 4.69) is 0 Å². The third kappa shape index (κ3) is 2.84. The summed E-state index contributed by atoms with van der Waals surface area (Å²) in [6, 6.07) is 3.27. The van der Waals surface area contributed by atoms with Crippen molar-refractivity contribution in [2.24, 2.45) is 0 Å². The minimum absolute atomic E-state index is 0.0577. The maximum Gasteiger partial charge on any atom is 0.336 e. The smallest absolute Gasteiger partial charge is 0.336 e. The molecule has 0 saturated heterocycles. The summed E-state index contributed by atoms with van der Waals surface area (Å²) >= 11 is 1.44. The second-order valence-corrected chi connectivity index (χ2v) is 7.51. The fraction of sp³-hybridized carbons (Fsp3) is 0.400. The summed E-state index contributed by atoms with van der Waals surface area (Å²) in [5, 5.41) is 0.660. The molecule has 0 aliphatic heterocycles. The van der Waals surface area contributed by atoms with Crippen molar-refractivity contribution in [2.45, 2.75) is 44.3 Å².